The van der Waals surface area contributed by atoms with Gasteiger partial charge >= 0.3 is 5.97 Å². The monoisotopic (exact) mass is 321 g/mol. The summed E-state index contributed by atoms with van der Waals surface area (Å²) in [5.41, 5.74) is 7.21. The van der Waals surface area contributed by atoms with Crippen molar-refractivity contribution in [2.24, 2.45) is 0 Å². The lowest BCUT2D eigenvalue weighted by Crippen LogP contribution is -2.07. The number of anilines is 2. The number of carboxylic acid groups (broad SMARTS) is 1. The molecule has 0 saturated heterocycles. The lowest BCUT2D eigenvalue weighted by Gasteiger charge is -2.09. The van der Waals surface area contributed by atoms with E-state index < -0.39 is 5.97 Å². The molecule has 0 radical (unpaired) electrons. The molecule has 0 aliphatic rings. The fourth-order valence-corrected chi connectivity index (χ4v) is 2.03. The zero-order valence-corrected chi connectivity index (χ0v) is 11.5. The van der Waals surface area contributed by atoms with Gasteiger partial charge in [0.25, 0.3) is 0 Å². The highest BCUT2D eigenvalue weighted by Gasteiger charge is 2.07. The molecule has 98 valence electrons. The van der Waals surface area contributed by atoms with Crippen molar-refractivity contribution < 1.29 is 9.90 Å². The first-order valence-corrected chi connectivity index (χ1v) is 6.32. The van der Waals surface area contributed by atoms with Crippen LogP contribution in [0.3, 0.4) is 0 Å². The predicted octanol–water partition coefficient (Wildman–Crippen LogP) is 2.74. The van der Waals surface area contributed by atoms with Crippen molar-refractivity contribution in [3.05, 3.63) is 52.1 Å². The average Bonchev–Trinajstić information content (AvgIpc) is 2.37. The molecule has 1 aromatic heterocycles. The topological polar surface area (TPSA) is 88.2 Å². The second-order valence-electron chi connectivity index (χ2n) is 3.95. The molecule has 2 aromatic rings. The first-order chi connectivity index (χ1) is 9.06. The lowest BCUT2D eigenvalue weighted by molar-refractivity contribution is 0.0696. The minimum Gasteiger partial charge on any atom is -0.478 e. The van der Waals surface area contributed by atoms with Gasteiger partial charge in [0.05, 0.1) is 11.3 Å². The average molecular weight is 322 g/mol. The normalized spacial score (nSPS) is 10.2. The summed E-state index contributed by atoms with van der Waals surface area (Å²) in [5, 5.41) is 11.9. The van der Waals surface area contributed by atoms with E-state index in [0.29, 0.717) is 18.1 Å². The summed E-state index contributed by atoms with van der Waals surface area (Å²) in [4.78, 5) is 14.8. The van der Waals surface area contributed by atoms with E-state index in [0.717, 1.165) is 10.0 Å². The quantitative estimate of drug-likeness (QED) is 0.805. The molecule has 0 aliphatic heterocycles. The Hall–Kier alpha value is -2.08. The van der Waals surface area contributed by atoms with Crippen molar-refractivity contribution in [1.82, 2.24) is 4.98 Å². The number of nitrogen functional groups attached to an aromatic ring is 1. The van der Waals surface area contributed by atoms with Crippen molar-refractivity contribution in [2.45, 2.75) is 6.54 Å². The van der Waals surface area contributed by atoms with E-state index in [1.165, 1.54) is 12.3 Å². The molecule has 0 spiro atoms. The smallest absolute Gasteiger partial charge is 0.337 e. The van der Waals surface area contributed by atoms with E-state index in [1.807, 2.05) is 24.3 Å². The van der Waals surface area contributed by atoms with Crippen LogP contribution in [0.25, 0.3) is 0 Å². The van der Waals surface area contributed by atoms with Gasteiger partial charge in [0, 0.05) is 17.2 Å². The van der Waals surface area contributed by atoms with E-state index in [1.54, 1.807) is 0 Å². The Bertz CT molecular complexity index is 617. The molecule has 2 rings (SSSR count). The van der Waals surface area contributed by atoms with Gasteiger partial charge in [-0.2, -0.15) is 0 Å². The number of pyridine rings is 1. The summed E-state index contributed by atoms with van der Waals surface area (Å²) in [6.07, 6.45) is 1.28. The van der Waals surface area contributed by atoms with Crippen LogP contribution in [0.4, 0.5) is 11.5 Å². The fraction of sp³-hybridized carbons (Fsp3) is 0.0769. The van der Waals surface area contributed by atoms with E-state index in [4.69, 9.17) is 10.8 Å². The summed E-state index contributed by atoms with van der Waals surface area (Å²) in [7, 11) is 0. The summed E-state index contributed by atoms with van der Waals surface area (Å²) in [6, 6.07) is 9.22. The molecule has 5 nitrogen and oxygen atoms in total. The maximum Gasteiger partial charge on any atom is 0.337 e. The number of nitrogens with two attached hydrogens (primary N) is 1. The lowest BCUT2D eigenvalue weighted by atomic mass is 10.2. The number of nitrogens with zero attached hydrogens (tertiary/aromatic N) is 1. The highest BCUT2D eigenvalue weighted by atomic mass is 79.9. The largest absolute Gasteiger partial charge is 0.478 e. The Morgan fingerprint density at radius 2 is 2.21 bits per heavy atom. The molecule has 4 N–H and O–H groups in total. The number of carboxylic acids is 1. The molecule has 6 heteroatoms. The van der Waals surface area contributed by atoms with Gasteiger partial charge in [0.1, 0.15) is 5.82 Å². The highest BCUT2D eigenvalue weighted by molar-refractivity contribution is 9.10. The minimum atomic E-state index is -1.04. The van der Waals surface area contributed by atoms with E-state index in [-0.39, 0.29) is 5.56 Å². The van der Waals surface area contributed by atoms with Crippen molar-refractivity contribution >= 4 is 33.4 Å². The Morgan fingerprint density at radius 3 is 2.84 bits per heavy atom. The molecular weight excluding hydrogens is 310 g/mol. The standard InChI is InChI=1S/C13H12BrN3O2/c14-10-3-1-2-8(4-10)6-16-12-11(15)5-9(7-17-12)13(18)19/h1-5,7H,6,15H2,(H,16,17)(H,18,19). The molecule has 0 atom stereocenters. The molecule has 1 heterocycles. The number of aromatic carboxylic acids is 1. The van der Waals surface area contributed by atoms with Crippen LogP contribution in [-0.4, -0.2) is 16.1 Å². The third kappa shape index (κ3) is 3.45. The van der Waals surface area contributed by atoms with Gasteiger partial charge in [-0.15, -0.1) is 0 Å². The van der Waals surface area contributed by atoms with Crippen molar-refractivity contribution in [3.8, 4) is 0 Å². The summed E-state index contributed by atoms with van der Waals surface area (Å²) in [5.74, 6) is -0.567. The molecular formula is C13H12BrN3O2. The molecule has 0 amide bonds. The molecule has 0 saturated carbocycles. The predicted molar refractivity (Wildman–Crippen MR) is 77.1 cm³/mol. The summed E-state index contributed by atoms with van der Waals surface area (Å²) < 4.78 is 0.994. The van der Waals surface area contributed by atoms with Crippen LogP contribution >= 0.6 is 15.9 Å². The number of benzene rings is 1. The van der Waals surface area contributed by atoms with Crippen LogP contribution in [0.2, 0.25) is 0 Å². The second kappa shape index (κ2) is 5.71. The van der Waals surface area contributed by atoms with Gasteiger partial charge in [-0.05, 0) is 23.8 Å². The summed E-state index contributed by atoms with van der Waals surface area (Å²) in [6.45, 7) is 0.559. The number of aromatic nitrogens is 1. The van der Waals surface area contributed by atoms with E-state index in [9.17, 15) is 4.79 Å². The first kappa shape index (κ1) is 13.4. The fourth-order valence-electron chi connectivity index (χ4n) is 1.58. The van der Waals surface area contributed by atoms with Gasteiger partial charge < -0.3 is 16.2 Å². The van der Waals surface area contributed by atoms with Crippen molar-refractivity contribution in [3.63, 3.8) is 0 Å². The molecule has 0 aliphatic carbocycles. The number of hydrogen-bond donors (Lipinski definition) is 3. The Balaban J connectivity index is 2.10. The Morgan fingerprint density at radius 1 is 1.42 bits per heavy atom. The number of nitrogens with one attached hydrogen (secondary N) is 1. The van der Waals surface area contributed by atoms with Gasteiger partial charge in [-0.1, -0.05) is 28.1 Å². The highest BCUT2D eigenvalue weighted by Crippen LogP contribution is 2.18. The molecule has 0 bridgehead atoms. The van der Waals surface area contributed by atoms with Gasteiger partial charge in [0.2, 0.25) is 0 Å². The van der Waals surface area contributed by atoms with Gasteiger partial charge in [0.15, 0.2) is 0 Å². The third-order valence-corrected chi connectivity index (χ3v) is 3.01. The van der Waals surface area contributed by atoms with Crippen LogP contribution in [0, 0.1) is 0 Å². The van der Waals surface area contributed by atoms with Crippen LogP contribution < -0.4 is 11.1 Å². The maximum atomic E-state index is 10.8. The number of halogens is 1. The number of rotatable bonds is 4. The van der Waals surface area contributed by atoms with Crippen LogP contribution in [0.15, 0.2) is 41.0 Å². The molecule has 19 heavy (non-hydrogen) atoms. The molecule has 0 fully saturated rings. The van der Waals surface area contributed by atoms with Gasteiger partial charge in [-0.25, -0.2) is 9.78 Å². The molecule has 1 aromatic carbocycles. The number of carbonyl (C=O) groups is 1. The molecule has 0 unspecified atom stereocenters. The van der Waals surface area contributed by atoms with E-state index in [2.05, 4.69) is 26.2 Å². The maximum absolute atomic E-state index is 10.8. The van der Waals surface area contributed by atoms with Crippen molar-refractivity contribution in [2.75, 3.05) is 11.1 Å². The van der Waals surface area contributed by atoms with Crippen molar-refractivity contribution in [1.29, 1.82) is 0 Å². The van der Waals surface area contributed by atoms with Gasteiger partial charge in [-0.3, -0.25) is 0 Å². The second-order valence-corrected chi connectivity index (χ2v) is 4.87. The minimum absolute atomic E-state index is 0.0745. The third-order valence-electron chi connectivity index (χ3n) is 2.51. The van der Waals surface area contributed by atoms with Crippen LogP contribution in [0.1, 0.15) is 15.9 Å². The number of hydrogen-bond acceptors (Lipinski definition) is 4. The Kier molecular flexibility index (Phi) is 4.01. The Labute approximate surface area is 118 Å². The SMILES string of the molecule is Nc1cc(C(=O)O)cnc1NCc1cccc(Br)c1. The van der Waals surface area contributed by atoms with Crippen LogP contribution in [-0.2, 0) is 6.54 Å². The zero-order chi connectivity index (χ0) is 13.8. The van der Waals surface area contributed by atoms with Crippen LogP contribution in [0.5, 0.6) is 0 Å². The zero-order valence-electron chi connectivity index (χ0n) is 9.93. The van der Waals surface area contributed by atoms with E-state index >= 15 is 0 Å². The summed E-state index contributed by atoms with van der Waals surface area (Å²) >= 11 is 3.39. The first-order valence-electron chi connectivity index (χ1n) is 5.53.